The lowest BCUT2D eigenvalue weighted by Gasteiger charge is -2.30. The van der Waals surface area contributed by atoms with E-state index in [-0.39, 0.29) is 0 Å². The molecule has 4 rings (SSSR count). The maximum Gasteiger partial charge on any atom is 0.128 e. The Bertz CT molecular complexity index is 864. The van der Waals surface area contributed by atoms with Crippen molar-refractivity contribution in [3.63, 3.8) is 0 Å². The van der Waals surface area contributed by atoms with E-state index in [1.54, 1.807) is 0 Å². The molecule has 3 aromatic carbocycles. The largest absolute Gasteiger partial charge is 0.380 e. The standard InChI is InChI=1S/C23H22N2O/c26-23(19-10-3-1-4-11-19,20-12-5-2-6-13-20)17-18-9-7-8-14-21(18)22-24-15-16-25-22/h1-14,26H,15-17H2,(H,24,25). The highest BCUT2D eigenvalue weighted by molar-refractivity contribution is 6.01. The van der Waals surface area contributed by atoms with Crippen LogP contribution in [0.5, 0.6) is 0 Å². The van der Waals surface area contributed by atoms with Crippen molar-refractivity contribution < 1.29 is 5.11 Å². The van der Waals surface area contributed by atoms with Crippen LogP contribution in [0.3, 0.4) is 0 Å². The molecular formula is C23H22N2O. The maximum atomic E-state index is 11.8. The first-order valence-electron chi connectivity index (χ1n) is 8.97. The zero-order valence-corrected chi connectivity index (χ0v) is 14.6. The maximum absolute atomic E-state index is 11.8. The zero-order valence-electron chi connectivity index (χ0n) is 14.6. The SMILES string of the molecule is OC(Cc1ccccc1C1=NCCN1)(c1ccccc1)c1ccccc1. The summed E-state index contributed by atoms with van der Waals surface area (Å²) in [4.78, 5) is 4.57. The molecular weight excluding hydrogens is 320 g/mol. The highest BCUT2D eigenvalue weighted by Gasteiger charge is 2.32. The minimum atomic E-state index is -1.10. The fourth-order valence-electron chi connectivity index (χ4n) is 3.56. The summed E-state index contributed by atoms with van der Waals surface area (Å²) >= 11 is 0. The summed E-state index contributed by atoms with van der Waals surface area (Å²) in [5.41, 5.74) is 2.83. The summed E-state index contributed by atoms with van der Waals surface area (Å²) in [5, 5.41) is 15.2. The van der Waals surface area contributed by atoms with Crippen LogP contribution in [0.25, 0.3) is 0 Å². The Balaban J connectivity index is 1.80. The Morgan fingerprint density at radius 2 is 1.38 bits per heavy atom. The van der Waals surface area contributed by atoms with Crippen LogP contribution >= 0.6 is 0 Å². The van der Waals surface area contributed by atoms with Gasteiger partial charge in [-0.1, -0.05) is 84.9 Å². The number of hydrogen-bond acceptors (Lipinski definition) is 3. The first-order chi connectivity index (χ1) is 12.8. The Kier molecular flexibility index (Phi) is 4.55. The van der Waals surface area contributed by atoms with Crippen LogP contribution in [-0.4, -0.2) is 24.0 Å². The van der Waals surface area contributed by atoms with Crippen LogP contribution in [-0.2, 0) is 12.0 Å². The Labute approximate surface area is 154 Å². The number of aliphatic hydroxyl groups is 1. The van der Waals surface area contributed by atoms with Gasteiger partial charge in [0.25, 0.3) is 0 Å². The summed E-state index contributed by atoms with van der Waals surface area (Å²) in [5.74, 6) is 0.920. The highest BCUT2D eigenvalue weighted by atomic mass is 16.3. The van der Waals surface area contributed by atoms with Crippen molar-refractivity contribution in [2.75, 3.05) is 13.1 Å². The van der Waals surface area contributed by atoms with Crippen molar-refractivity contribution in [3.05, 3.63) is 107 Å². The zero-order chi connectivity index (χ0) is 17.8. The number of amidine groups is 1. The molecule has 0 amide bonds. The van der Waals surface area contributed by atoms with Crippen molar-refractivity contribution in [1.29, 1.82) is 0 Å². The molecule has 1 aliphatic rings. The number of benzene rings is 3. The van der Waals surface area contributed by atoms with Crippen molar-refractivity contribution in [1.82, 2.24) is 5.32 Å². The molecule has 0 fully saturated rings. The second-order valence-corrected chi connectivity index (χ2v) is 6.58. The van der Waals surface area contributed by atoms with E-state index in [1.807, 2.05) is 72.8 Å². The van der Waals surface area contributed by atoms with Gasteiger partial charge < -0.3 is 10.4 Å². The van der Waals surface area contributed by atoms with Crippen molar-refractivity contribution in [3.8, 4) is 0 Å². The van der Waals surface area contributed by atoms with Crippen LogP contribution < -0.4 is 5.32 Å². The van der Waals surface area contributed by atoms with Crippen LogP contribution in [0.4, 0.5) is 0 Å². The number of aliphatic imine (C=N–C) groups is 1. The molecule has 0 unspecified atom stereocenters. The second kappa shape index (κ2) is 7.14. The molecule has 3 heteroatoms. The highest BCUT2D eigenvalue weighted by Crippen LogP contribution is 2.34. The number of nitrogens with zero attached hydrogens (tertiary/aromatic N) is 1. The molecule has 0 atom stereocenters. The minimum absolute atomic E-state index is 0.484. The third-order valence-corrected chi connectivity index (χ3v) is 4.90. The average Bonchev–Trinajstić information content (AvgIpc) is 3.24. The van der Waals surface area contributed by atoms with Gasteiger partial charge in [0.05, 0.1) is 6.54 Å². The minimum Gasteiger partial charge on any atom is -0.380 e. The fraction of sp³-hybridized carbons (Fsp3) is 0.174. The summed E-state index contributed by atoms with van der Waals surface area (Å²) in [6.07, 6.45) is 0.484. The van der Waals surface area contributed by atoms with Gasteiger partial charge in [0, 0.05) is 18.5 Å². The normalized spacial score (nSPS) is 14.0. The van der Waals surface area contributed by atoms with E-state index in [9.17, 15) is 5.11 Å². The van der Waals surface area contributed by atoms with E-state index >= 15 is 0 Å². The van der Waals surface area contributed by atoms with Crippen LogP contribution in [0.2, 0.25) is 0 Å². The van der Waals surface area contributed by atoms with Gasteiger partial charge in [-0.05, 0) is 16.7 Å². The molecule has 0 spiro atoms. The number of hydrogen-bond donors (Lipinski definition) is 2. The predicted octanol–water partition coefficient (Wildman–Crippen LogP) is 3.52. The topological polar surface area (TPSA) is 44.6 Å². The molecule has 3 aromatic rings. The molecule has 3 nitrogen and oxygen atoms in total. The first kappa shape index (κ1) is 16.6. The van der Waals surface area contributed by atoms with Gasteiger partial charge in [0.15, 0.2) is 0 Å². The second-order valence-electron chi connectivity index (χ2n) is 6.58. The Morgan fingerprint density at radius 3 is 1.96 bits per heavy atom. The lowest BCUT2D eigenvalue weighted by molar-refractivity contribution is 0.0811. The van der Waals surface area contributed by atoms with Crippen molar-refractivity contribution in [2.24, 2.45) is 4.99 Å². The monoisotopic (exact) mass is 342 g/mol. The van der Waals surface area contributed by atoms with E-state index in [1.165, 1.54) is 0 Å². The summed E-state index contributed by atoms with van der Waals surface area (Å²) in [6.45, 7) is 1.66. The number of nitrogens with one attached hydrogen (secondary N) is 1. The third-order valence-electron chi connectivity index (χ3n) is 4.90. The molecule has 26 heavy (non-hydrogen) atoms. The lowest BCUT2D eigenvalue weighted by atomic mass is 9.80. The molecule has 0 aromatic heterocycles. The van der Waals surface area contributed by atoms with E-state index in [4.69, 9.17) is 0 Å². The van der Waals surface area contributed by atoms with Gasteiger partial charge in [-0.25, -0.2) is 0 Å². The smallest absolute Gasteiger partial charge is 0.128 e. The Hall–Kier alpha value is -2.91. The molecule has 2 N–H and O–H groups in total. The fourth-order valence-corrected chi connectivity index (χ4v) is 3.56. The molecule has 1 heterocycles. The predicted molar refractivity (Wildman–Crippen MR) is 105 cm³/mol. The van der Waals surface area contributed by atoms with Crippen molar-refractivity contribution in [2.45, 2.75) is 12.0 Å². The quantitative estimate of drug-likeness (QED) is 0.745. The third kappa shape index (κ3) is 3.14. The van der Waals surface area contributed by atoms with Gasteiger partial charge >= 0.3 is 0 Å². The molecule has 0 saturated carbocycles. The van der Waals surface area contributed by atoms with Crippen LogP contribution in [0, 0.1) is 0 Å². The average molecular weight is 342 g/mol. The molecule has 130 valence electrons. The lowest BCUT2D eigenvalue weighted by Crippen LogP contribution is -2.31. The molecule has 0 saturated heterocycles. The van der Waals surface area contributed by atoms with E-state index < -0.39 is 5.60 Å². The van der Waals surface area contributed by atoms with Crippen molar-refractivity contribution >= 4 is 5.84 Å². The van der Waals surface area contributed by atoms with E-state index in [0.29, 0.717) is 6.42 Å². The summed E-state index contributed by atoms with van der Waals surface area (Å²) < 4.78 is 0. The molecule has 1 aliphatic heterocycles. The van der Waals surface area contributed by atoms with Crippen LogP contribution in [0.1, 0.15) is 22.3 Å². The number of rotatable bonds is 5. The van der Waals surface area contributed by atoms with Gasteiger partial charge in [-0.3, -0.25) is 4.99 Å². The Morgan fingerprint density at radius 1 is 0.808 bits per heavy atom. The first-order valence-corrected chi connectivity index (χ1v) is 8.97. The van der Waals surface area contributed by atoms with Gasteiger partial charge in [0.1, 0.15) is 11.4 Å². The molecule has 0 radical (unpaired) electrons. The summed E-state index contributed by atoms with van der Waals surface area (Å²) in [7, 11) is 0. The summed E-state index contributed by atoms with van der Waals surface area (Å²) in [6, 6.07) is 28.0. The van der Waals surface area contributed by atoms with Crippen LogP contribution in [0.15, 0.2) is 89.9 Å². The molecule has 0 aliphatic carbocycles. The van der Waals surface area contributed by atoms with Gasteiger partial charge in [-0.15, -0.1) is 0 Å². The van der Waals surface area contributed by atoms with Gasteiger partial charge in [0.2, 0.25) is 0 Å². The molecule has 0 bridgehead atoms. The van der Waals surface area contributed by atoms with E-state index in [0.717, 1.165) is 41.2 Å². The van der Waals surface area contributed by atoms with E-state index in [2.05, 4.69) is 22.4 Å². The van der Waals surface area contributed by atoms with Gasteiger partial charge in [-0.2, -0.15) is 0 Å².